The smallest absolute Gasteiger partial charge is 0.321 e. The standard InChI is InChI=1S/C19H22N6O3/c1-14(15-5-7-16(8-6-15)25-13-20-12-22-25)24(2)11-18(26)23-19(27)21-10-17-4-3-9-28-17/h3-9,12-14H,10-11H2,1-2H3,(H2,21,23,26,27)/t14-/m0/s1. The molecule has 0 unspecified atom stereocenters. The third kappa shape index (κ3) is 5.04. The van der Waals surface area contributed by atoms with Crippen LogP contribution in [0.4, 0.5) is 4.79 Å². The molecule has 0 saturated carbocycles. The molecule has 0 saturated heterocycles. The van der Waals surface area contributed by atoms with Crippen LogP contribution in [-0.2, 0) is 11.3 Å². The number of aromatic nitrogens is 3. The van der Waals surface area contributed by atoms with Crippen LogP contribution in [0.3, 0.4) is 0 Å². The second-order valence-corrected chi connectivity index (χ2v) is 6.33. The van der Waals surface area contributed by atoms with Gasteiger partial charge in [-0.05, 0) is 43.8 Å². The van der Waals surface area contributed by atoms with Crippen LogP contribution in [0.1, 0.15) is 24.3 Å². The van der Waals surface area contributed by atoms with E-state index in [1.807, 2.05) is 43.1 Å². The molecule has 3 amide bonds. The van der Waals surface area contributed by atoms with Crippen molar-refractivity contribution >= 4 is 11.9 Å². The van der Waals surface area contributed by atoms with E-state index in [2.05, 4.69) is 20.7 Å². The van der Waals surface area contributed by atoms with Gasteiger partial charge in [-0.25, -0.2) is 14.5 Å². The second-order valence-electron chi connectivity index (χ2n) is 6.33. The average Bonchev–Trinajstić information content (AvgIpc) is 3.39. The molecule has 0 aliphatic carbocycles. The molecule has 0 radical (unpaired) electrons. The Hall–Kier alpha value is -3.46. The number of urea groups is 1. The number of hydrogen-bond donors (Lipinski definition) is 2. The predicted molar refractivity (Wildman–Crippen MR) is 101 cm³/mol. The summed E-state index contributed by atoms with van der Waals surface area (Å²) in [6, 6.07) is 10.7. The van der Waals surface area contributed by atoms with E-state index in [4.69, 9.17) is 4.42 Å². The number of benzene rings is 1. The van der Waals surface area contributed by atoms with Crippen LogP contribution >= 0.6 is 0 Å². The number of nitrogens with zero attached hydrogens (tertiary/aromatic N) is 4. The van der Waals surface area contributed by atoms with Crippen molar-refractivity contribution in [2.75, 3.05) is 13.6 Å². The molecule has 28 heavy (non-hydrogen) atoms. The van der Waals surface area contributed by atoms with Gasteiger partial charge in [-0.1, -0.05) is 12.1 Å². The van der Waals surface area contributed by atoms with E-state index in [1.54, 1.807) is 23.1 Å². The number of carbonyl (C=O) groups excluding carboxylic acids is 2. The Morgan fingerprint density at radius 3 is 2.68 bits per heavy atom. The maximum atomic E-state index is 12.1. The van der Waals surface area contributed by atoms with Crippen molar-refractivity contribution in [2.45, 2.75) is 19.5 Å². The van der Waals surface area contributed by atoms with Crippen LogP contribution in [0.15, 0.2) is 59.7 Å². The molecule has 1 aromatic carbocycles. The van der Waals surface area contributed by atoms with Gasteiger partial charge in [0.1, 0.15) is 18.4 Å². The first-order valence-electron chi connectivity index (χ1n) is 8.78. The summed E-state index contributed by atoms with van der Waals surface area (Å²) in [5, 5.41) is 8.98. The molecular weight excluding hydrogens is 360 g/mol. The van der Waals surface area contributed by atoms with Crippen molar-refractivity contribution in [3.8, 4) is 5.69 Å². The van der Waals surface area contributed by atoms with Gasteiger partial charge in [-0.3, -0.25) is 15.0 Å². The lowest BCUT2D eigenvalue weighted by Crippen LogP contribution is -2.43. The van der Waals surface area contributed by atoms with E-state index in [0.717, 1.165) is 11.3 Å². The minimum absolute atomic E-state index is 0.0123. The Kier molecular flexibility index (Phi) is 6.18. The number of carbonyl (C=O) groups is 2. The van der Waals surface area contributed by atoms with Crippen molar-refractivity contribution in [1.29, 1.82) is 0 Å². The SMILES string of the molecule is C[C@@H](c1ccc(-n2cncn2)cc1)N(C)CC(=O)NC(=O)NCc1ccco1. The number of nitrogens with one attached hydrogen (secondary N) is 2. The van der Waals surface area contributed by atoms with Crippen molar-refractivity contribution in [1.82, 2.24) is 30.3 Å². The molecule has 2 heterocycles. The summed E-state index contributed by atoms with van der Waals surface area (Å²) >= 11 is 0. The maximum absolute atomic E-state index is 12.1. The predicted octanol–water partition coefficient (Wildman–Crippen LogP) is 1.88. The first kappa shape index (κ1) is 19.3. The van der Waals surface area contributed by atoms with Gasteiger partial charge in [0, 0.05) is 6.04 Å². The number of imide groups is 1. The summed E-state index contributed by atoms with van der Waals surface area (Å²) in [5.74, 6) is 0.230. The number of rotatable bonds is 7. The minimum Gasteiger partial charge on any atom is -0.467 e. The largest absolute Gasteiger partial charge is 0.467 e. The maximum Gasteiger partial charge on any atom is 0.321 e. The van der Waals surface area contributed by atoms with Crippen molar-refractivity contribution in [3.05, 3.63) is 66.6 Å². The number of furan rings is 1. The van der Waals surface area contributed by atoms with Crippen molar-refractivity contribution in [2.24, 2.45) is 0 Å². The van der Waals surface area contributed by atoms with Crippen molar-refractivity contribution < 1.29 is 14.0 Å². The van der Waals surface area contributed by atoms with Gasteiger partial charge < -0.3 is 9.73 Å². The third-order valence-electron chi connectivity index (χ3n) is 4.37. The van der Waals surface area contributed by atoms with Gasteiger partial charge in [0.2, 0.25) is 5.91 Å². The Bertz CT molecular complexity index is 890. The molecule has 146 valence electrons. The second kappa shape index (κ2) is 8.96. The average molecular weight is 382 g/mol. The van der Waals surface area contributed by atoms with Gasteiger partial charge >= 0.3 is 6.03 Å². The van der Waals surface area contributed by atoms with Gasteiger partial charge in [0.05, 0.1) is 25.0 Å². The number of amides is 3. The lowest BCUT2D eigenvalue weighted by atomic mass is 10.1. The van der Waals surface area contributed by atoms with E-state index in [-0.39, 0.29) is 25.0 Å². The Balaban J connectivity index is 1.48. The topological polar surface area (TPSA) is 105 Å². The lowest BCUT2D eigenvalue weighted by Gasteiger charge is -2.24. The third-order valence-corrected chi connectivity index (χ3v) is 4.37. The molecule has 0 fully saturated rings. The van der Waals surface area contributed by atoms with Gasteiger partial charge in [0.25, 0.3) is 0 Å². The Labute approximate surface area is 162 Å². The van der Waals surface area contributed by atoms with Crippen molar-refractivity contribution in [3.63, 3.8) is 0 Å². The first-order chi connectivity index (χ1) is 13.5. The van der Waals surface area contributed by atoms with Crippen LogP contribution in [0.25, 0.3) is 5.69 Å². The van der Waals surface area contributed by atoms with Crippen LogP contribution < -0.4 is 10.6 Å². The van der Waals surface area contributed by atoms with Crippen LogP contribution in [0.5, 0.6) is 0 Å². The molecule has 2 aromatic heterocycles. The van der Waals surface area contributed by atoms with Crippen LogP contribution in [-0.4, -0.2) is 45.2 Å². The summed E-state index contributed by atoms with van der Waals surface area (Å²) in [4.78, 5) is 29.7. The summed E-state index contributed by atoms with van der Waals surface area (Å²) < 4.78 is 6.79. The molecule has 9 heteroatoms. The normalized spacial score (nSPS) is 12.0. The van der Waals surface area contributed by atoms with E-state index in [1.165, 1.54) is 12.6 Å². The molecule has 9 nitrogen and oxygen atoms in total. The number of hydrogen-bond acceptors (Lipinski definition) is 6. The molecule has 3 aromatic rings. The lowest BCUT2D eigenvalue weighted by molar-refractivity contribution is -0.121. The van der Waals surface area contributed by atoms with E-state index < -0.39 is 6.03 Å². The highest BCUT2D eigenvalue weighted by Gasteiger charge is 2.16. The van der Waals surface area contributed by atoms with Gasteiger partial charge in [-0.2, -0.15) is 5.10 Å². The fourth-order valence-electron chi connectivity index (χ4n) is 2.66. The molecular formula is C19H22N6O3. The quantitative estimate of drug-likeness (QED) is 0.646. The first-order valence-corrected chi connectivity index (χ1v) is 8.78. The molecule has 0 aliphatic rings. The molecule has 0 aliphatic heterocycles. The highest BCUT2D eigenvalue weighted by Crippen LogP contribution is 2.19. The van der Waals surface area contributed by atoms with Crippen LogP contribution in [0.2, 0.25) is 0 Å². The zero-order valence-electron chi connectivity index (χ0n) is 15.7. The fraction of sp³-hybridized carbons (Fsp3) is 0.263. The van der Waals surface area contributed by atoms with Gasteiger partial charge in [-0.15, -0.1) is 0 Å². The minimum atomic E-state index is -0.556. The zero-order valence-corrected chi connectivity index (χ0v) is 15.7. The molecule has 3 rings (SSSR count). The number of likely N-dealkylation sites (N-methyl/N-ethyl adjacent to an activating group) is 1. The summed E-state index contributed by atoms with van der Waals surface area (Å²) in [6.45, 7) is 2.30. The summed E-state index contributed by atoms with van der Waals surface area (Å²) in [5.41, 5.74) is 1.95. The fourth-order valence-corrected chi connectivity index (χ4v) is 2.66. The molecule has 0 spiro atoms. The monoisotopic (exact) mass is 382 g/mol. The Morgan fingerprint density at radius 1 is 1.25 bits per heavy atom. The van der Waals surface area contributed by atoms with E-state index in [0.29, 0.717) is 5.76 Å². The van der Waals surface area contributed by atoms with Gasteiger partial charge in [0.15, 0.2) is 0 Å². The Morgan fingerprint density at radius 2 is 2.04 bits per heavy atom. The highest BCUT2D eigenvalue weighted by atomic mass is 16.3. The van der Waals surface area contributed by atoms with E-state index >= 15 is 0 Å². The molecule has 1 atom stereocenters. The molecule has 0 bridgehead atoms. The van der Waals surface area contributed by atoms with Crippen LogP contribution in [0, 0.1) is 0 Å². The summed E-state index contributed by atoms with van der Waals surface area (Å²) in [7, 11) is 1.83. The zero-order chi connectivity index (χ0) is 19.9. The summed E-state index contributed by atoms with van der Waals surface area (Å²) in [6.07, 6.45) is 4.63. The van der Waals surface area contributed by atoms with E-state index in [9.17, 15) is 9.59 Å². The molecule has 2 N–H and O–H groups in total. The highest BCUT2D eigenvalue weighted by molar-refractivity contribution is 5.95.